The molecule has 4 rings (SSSR count). The van der Waals surface area contributed by atoms with Crippen LogP contribution in [0.25, 0.3) is 0 Å². The highest BCUT2D eigenvalue weighted by Gasteiger charge is 2.25. The summed E-state index contributed by atoms with van der Waals surface area (Å²) in [5.74, 6) is -0.726. The quantitative estimate of drug-likeness (QED) is 0.0840. The van der Waals surface area contributed by atoms with E-state index in [-0.39, 0.29) is 31.3 Å². The number of pyridine rings is 2. The van der Waals surface area contributed by atoms with Gasteiger partial charge in [0.2, 0.25) is 10.9 Å². The van der Waals surface area contributed by atoms with Gasteiger partial charge in [-0.1, -0.05) is 97.7 Å². The lowest BCUT2D eigenvalue weighted by Crippen LogP contribution is -2.29. The van der Waals surface area contributed by atoms with Crippen LogP contribution in [0.4, 0.5) is 0 Å². The summed E-state index contributed by atoms with van der Waals surface area (Å²) in [6, 6.07) is 19.3. The van der Waals surface area contributed by atoms with Crippen LogP contribution in [-0.2, 0) is 17.8 Å². The molecule has 242 valence electrons. The second kappa shape index (κ2) is 19.7. The van der Waals surface area contributed by atoms with Gasteiger partial charge in [0.15, 0.2) is 6.29 Å². The van der Waals surface area contributed by atoms with Crippen molar-refractivity contribution in [3.63, 3.8) is 0 Å². The van der Waals surface area contributed by atoms with Crippen molar-refractivity contribution in [3.8, 4) is 0 Å². The average Bonchev–Trinajstić information content (AvgIpc) is 3.01. The zero-order valence-electron chi connectivity index (χ0n) is 25.7. The smallest absolute Gasteiger partial charge is 0.345 e. The van der Waals surface area contributed by atoms with Crippen LogP contribution >= 0.6 is 66.7 Å². The van der Waals surface area contributed by atoms with Crippen LogP contribution in [0.15, 0.2) is 91.6 Å². The van der Waals surface area contributed by atoms with Gasteiger partial charge in [-0.2, -0.15) is 0 Å². The van der Waals surface area contributed by atoms with Gasteiger partial charge in [-0.3, -0.25) is 14.4 Å². The van der Waals surface area contributed by atoms with Crippen LogP contribution in [-0.4, -0.2) is 33.4 Å². The van der Waals surface area contributed by atoms with Gasteiger partial charge >= 0.3 is 5.97 Å². The maximum absolute atomic E-state index is 12.3. The summed E-state index contributed by atoms with van der Waals surface area (Å²) in [6.07, 6.45) is 5.12. The van der Waals surface area contributed by atoms with Crippen molar-refractivity contribution in [1.82, 2.24) is 9.13 Å². The van der Waals surface area contributed by atoms with E-state index in [0.717, 1.165) is 11.1 Å². The molecule has 45 heavy (non-hydrogen) atoms. The van der Waals surface area contributed by atoms with Gasteiger partial charge in [0.1, 0.15) is 21.5 Å². The number of rotatable bonds is 6. The molecule has 0 radical (unpaired) electrons. The lowest BCUT2D eigenvalue weighted by Gasteiger charge is -2.20. The number of nitrogens with zero attached hydrogens (tertiary/aromatic N) is 2. The highest BCUT2D eigenvalue weighted by atomic mass is 79.9. The summed E-state index contributed by atoms with van der Waals surface area (Å²) in [4.78, 5) is 47.1. The Morgan fingerprint density at radius 1 is 0.778 bits per heavy atom. The molecule has 0 aliphatic heterocycles. The third-order valence-electron chi connectivity index (χ3n) is 5.49. The zero-order chi connectivity index (χ0) is 34.3. The number of hydrogen-bond donors (Lipinski definition) is 0. The van der Waals surface area contributed by atoms with Crippen LogP contribution < -0.4 is 10.9 Å². The van der Waals surface area contributed by atoms with Crippen molar-refractivity contribution < 1.29 is 14.3 Å². The van der Waals surface area contributed by atoms with Gasteiger partial charge in [-0.15, -0.1) is 11.6 Å². The Morgan fingerprint density at radius 3 is 1.58 bits per heavy atom. The zero-order valence-corrected chi connectivity index (χ0v) is 31.2. The number of carbonyl (C=O) groups is 2. The molecule has 0 fully saturated rings. The van der Waals surface area contributed by atoms with E-state index >= 15 is 0 Å². The summed E-state index contributed by atoms with van der Waals surface area (Å²) in [7, 11) is 0. The van der Waals surface area contributed by atoms with E-state index in [4.69, 9.17) is 27.9 Å². The molecule has 0 amide bonds. The largest absolute Gasteiger partial charge is 0.456 e. The number of esters is 1. The molecule has 0 unspecified atom stereocenters. The van der Waals surface area contributed by atoms with Gasteiger partial charge in [0.25, 0.3) is 0 Å². The summed E-state index contributed by atoms with van der Waals surface area (Å²) in [5, 5.41) is 0.221. The molecule has 0 bridgehead atoms. The fourth-order valence-electron chi connectivity index (χ4n) is 3.64. The second-order valence-electron chi connectivity index (χ2n) is 9.83. The summed E-state index contributed by atoms with van der Waals surface area (Å²) in [5.41, 5.74) is 0.271. The van der Waals surface area contributed by atoms with Crippen LogP contribution in [0, 0.1) is 0 Å². The number of aromatic nitrogens is 2. The highest BCUT2D eigenvalue weighted by molar-refractivity contribution is 9.10. The molecule has 0 spiro atoms. The van der Waals surface area contributed by atoms with E-state index in [1.807, 2.05) is 74.5 Å². The maximum atomic E-state index is 12.3. The number of hydrogen-bond acceptors (Lipinski definition) is 5. The minimum atomic E-state index is -0.726. The van der Waals surface area contributed by atoms with Crippen LogP contribution in [0.1, 0.15) is 66.5 Å². The molecular formula is C33H35Br2Cl3N2O5. The van der Waals surface area contributed by atoms with Crippen molar-refractivity contribution in [3.05, 3.63) is 135 Å². The van der Waals surface area contributed by atoms with Crippen molar-refractivity contribution >= 4 is 78.9 Å². The SMILES string of the molecule is CC.CC(C)(C)OC(=O)c1c(Cl)n(Cc2ccccc2)cc(Br)c1=O.CCl.O=Cc1c(Cl)n(Cc2ccccc2)cc(Br)c1=O. The van der Waals surface area contributed by atoms with E-state index in [0.29, 0.717) is 23.8 Å². The van der Waals surface area contributed by atoms with E-state index in [1.54, 1.807) is 42.3 Å². The predicted octanol–water partition coefficient (Wildman–Crippen LogP) is 9.27. The van der Waals surface area contributed by atoms with Gasteiger partial charge in [0.05, 0.1) is 14.5 Å². The molecule has 0 saturated carbocycles. The number of aldehydes is 1. The van der Waals surface area contributed by atoms with Crippen molar-refractivity contribution in [2.75, 3.05) is 6.38 Å². The predicted molar refractivity (Wildman–Crippen MR) is 192 cm³/mol. The molecule has 2 aromatic heterocycles. The Labute approximate surface area is 295 Å². The number of carbonyl (C=O) groups excluding carboxylic acids is 2. The Kier molecular flexibility index (Phi) is 17.7. The van der Waals surface area contributed by atoms with E-state index in [9.17, 15) is 19.2 Å². The van der Waals surface area contributed by atoms with Gasteiger partial charge in [-0.25, -0.2) is 4.79 Å². The average molecular weight is 806 g/mol. The molecule has 2 aromatic carbocycles. The van der Waals surface area contributed by atoms with E-state index in [1.165, 1.54) is 6.38 Å². The number of halogens is 5. The fraction of sp³-hybridized carbons (Fsp3) is 0.273. The van der Waals surface area contributed by atoms with Crippen LogP contribution in [0.5, 0.6) is 0 Å². The van der Waals surface area contributed by atoms with Crippen molar-refractivity contribution in [2.45, 2.75) is 53.3 Å². The summed E-state index contributed by atoms with van der Waals surface area (Å²) < 4.78 is 9.17. The third-order valence-corrected chi connectivity index (χ3v) is 7.45. The molecule has 4 aromatic rings. The molecule has 7 nitrogen and oxygen atoms in total. The Bertz CT molecular complexity index is 1670. The Balaban J connectivity index is 0.000000414. The van der Waals surface area contributed by atoms with Gasteiger partial charge in [-0.05, 0) is 63.8 Å². The molecule has 0 aliphatic rings. The molecule has 0 saturated heterocycles. The number of benzene rings is 2. The first-order chi connectivity index (χ1) is 21.3. The molecule has 0 aliphatic carbocycles. The Hall–Kier alpha value is -2.69. The lowest BCUT2D eigenvalue weighted by atomic mass is 10.2. The monoisotopic (exact) mass is 802 g/mol. The number of ether oxygens (including phenoxy) is 1. The normalized spacial score (nSPS) is 10.2. The second-order valence-corrected chi connectivity index (χ2v) is 12.3. The van der Waals surface area contributed by atoms with E-state index < -0.39 is 17.0 Å². The summed E-state index contributed by atoms with van der Waals surface area (Å²) >= 11 is 23.3. The van der Waals surface area contributed by atoms with Gasteiger partial charge in [0, 0.05) is 31.9 Å². The van der Waals surface area contributed by atoms with Crippen LogP contribution in [0.3, 0.4) is 0 Å². The Morgan fingerprint density at radius 2 is 1.18 bits per heavy atom. The first-order valence-corrected chi connectivity index (χ1v) is 16.7. The molecule has 12 heteroatoms. The highest BCUT2D eigenvalue weighted by Crippen LogP contribution is 2.21. The standard InChI is InChI=1S/C17H17BrClNO3.C13H9BrClNO2.C2H6.CH3Cl/c1-17(2,3)23-16(22)13-14(21)12(18)10-20(15(13)19)9-11-7-5-4-6-8-11;14-11-7-16(6-9-4-2-1-3-5-9)13(15)10(8-17)12(11)18;2*1-2/h4-8,10H,9H2,1-3H3;1-5,7-8H,6H2;1-2H3;1H3. The molecule has 0 atom stereocenters. The van der Waals surface area contributed by atoms with E-state index in [2.05, 4.69) is 43.5 Å². The van der Waals surface area contributed by atoms with Gasteiger partial charge < -0.3 is 13.9 Å². The van der Waals surface area contributed by atoms with Crippen molar-refractivity contribution in [1.29, 1.82) is 0 Å². The maximum Gasteiger partial charge on any atom is 0.345 e. The first kappa shape index (κ1) is 40.3. The minimum absolute atomic E-state index is 0.0260. The van der Waals surface area contributed by atoms with Crippen molar-refractivity contribution in [2.24, 2.45) is 0 Å². The molecular weight excluding hydrogens is 771 g/mol. The summed E-state index contributed by atoms with van der Waals surface area (Å²) in [6.45, 7) is 10.1. The minimum Gasteiger partial charge on any atom is -0.456 e. The fourth-order valence-corrected chi connectivity index (χ4v) is 5.05. The first-order valence-electron chi connectivity index (χ1n) is 13.6. The molecule has 2 heterocycles. The molecule has 0 N–H and O–H groups in total. The number of alkyl halides is 1. The lowest BCUT2D eigenvalue weighted by molar-refractivity contribution is 0.00671. The third kappa shape index (κ3) is 12.2. The van der Waals surface area contributed by atoms with Crippen LogP contribution in [0.2, 0.25) is 10.3 Å². The topological polar surface area (TPSA) is 87.4 Å².